The van der Waals surface area contributed by atoms with E-state index in [-0.39, 0.29) is 22.8 Å². The highest BCUT2D eigenvalue weighted by molar-refractivity contribution is 6.17. The number of ketones is 1. The van der Waals surface area contributed by atoms with Crippen LogP contribution >= 0.6 is 0 Å². The zero-order valence-corrected chi connectivity index (χ0v) is 20.9. The molecule has 0 aliphatic carbocycles. The number of nitrogen functional groups attached to an aromatic ring is 1. The highest BCUT2D eigenvalue weighted by Crippen LogP contribution is 2.22. The van der Waals surface area contributed by atoms with Crippen LogP contribution in [-0.4, -0.2) is 5.78 Å². The Hall–Kier alpha value is -2.20. The minimum absolute atomic E-state index is 0. The van der Waals surface area contributed by atoms with Crippen molar-refractivity contribution >= 4 is 22.4 Å². The Kier molecular flexibility index (Phi) is 11.4. The SMILES string of the molecule is CCCCCCCCCCCC[n+]1cccc(C(=O)c2cccc3ccccc23)c1N.[Br-]. The van der Waals surface area contributed by atoms with Gasteiger partial charge in [0.1, 0.15) is 5.56 Å². The third kappa shape index (κ3) is 7.16. The number of pyridine rings is 1. The summed E-state index contributed by atoms with van der Waals surface area (Å²) in [5, 5.41) is 2.04. The van der Waals surface area contributed by atoms with E-state index in [1.54, 1.807) is 0 Å². The molecule has 3 nitrogen and oxygen atoms in total. The number of rotatable bonds is 13. The molecule has 32 heavy (non-hydrogen) atoms. The molecule has 0 saturated carbocycles. The Morgan fingerprint density at radius 3 is 2.06 bits per heavy atom. The van der Waals surface area contributed by atoms with Crippen molar-refractivity contribution in [3.63, 3.8) is 0 Å². The van der Waals surface area contributed by atoms with Gasteiger partial charge in [0.05, 0.1) is 12.7 Å². The van der Waals surface area contributed by atoms with Crippen LogP contribution < -0.4 is 27.3 Å². The molecule has 0 aliphatic heterocycles. The fourth-order valence-electron chi connectivity index (χ4n) is 4.29. The summed E-state index contributed by atoms with van der Waals surface area (Å²) in [6, 6.07) is 17.6. The van der Waals surface area contributed by atoms with Crippen LogP contribution in [0.3, 0.4) is 0 Å². The van der Waals surface area contributed by atoms with Crippen molar-refractivity contribution < 1.29 is 26.3 Å². The number of carbonyl (C=O) groups excluding carboxylic acids is 1. The number of nitrogens with zero attached hydrogens (tertiary/aromatic N) is 1. The lowest BCUT2D eigenvalue weighted by molar-refractivity contribution is -0.683. The van der Waals surface area contributed by atoms with Gasteiger partial charge in [0.25, 0.3) is 5.82 Å². The van der Waals surface area contributed by atoms with Crippen molar-refractivity contribution in [1.82, 2.24) is 0 Å². The molecule has 2 aromatic carbocycles. The van der Waals surface area contributed by atoms with E-state index in [0.717, 1.165) is 23.7 Å². The Morgan fingerprint density at radius 2 is 1.34 bits per heavy atom. The maximum Gasteiger partial charge on any atom is 0.283 e. The fraction of sp³-hybridized carbons (Fsp3) is 0.429. The molecule has 2 N–H and O–H groups in total. The lowest BCUT2D eigenvalue weighted by Crippen LogP contribution is -3.00. The van der Waals surface area contributed by atoms with Gasteiger partial charge in [-0.15, -0.1) is 0 Å². The summed E-state index contributed by atoms with van der Waals surface area (Å²) < 4.78 is 2.03. The molecule has 0 fully saturated rings. The molecule has 0 bridgehead atoms. The fourth-order valence-corrected chi connectivity index (χ4v) is 4.29. The van der Waals surface area contributed by atoms with E-state index in [4.69, 9.17) is 5.73 Å². The second-order valence-electron chi connectivity index (χ2n) is 8.54. The molecule has 0 atom stereocenters. The number of benzene rings is 2. The lowest BCUT2D eigenvalue weighted by atomic mass is 9.97. The largest absolute Gasteiger partial charge is 1.00 e. The highest BCUT2D eigenvalue weighted by atomic mass is 79.9. The van der Waals surface area contributed by atoms with Crippen LogP contribution in [0.1, 0.15) is 87.1 Å². The summed E-state index contributed by atoms with van der Waals surface area (Å²) in [4.78, 5) is 13.3. The number of aromatic nitrogens is 1. The van der Waals surface area contributed by atoms with Gasteiger partial charge in [-0.3, -0.25) is 10.5 Å². The summed E-state index contributed by atoms with van der Waals surface area (Å²) in [5.74, 6) is 0.558. The van der Waals surface area contributed by atoms with Crippen LogP contribution in [0.5, 0.6) is 0 Å². The third-order valence-corrected chi connectivity index (χ3v) is 6.15. The van der Waals surface area contributed by atoms with E-state index < -0.39 is 0 Å². The van der Waals surface area contributed by atoms with Gasteiger partial charge >= 0.3 is 0 Å². The van der Waals surface area contributed by atoms with Crippen molar-refractivity contribution in [2.24, 2.45) is 0 Å². The lowest BCUT2D eigenvalue weighted by Gasteiger charge is -2.09. The van der Waals surface area contributed by atoms with Crippen LogP contribution in [0.2, 0.25) is 0 Å². The van der Waals surface area contributed by atoms with E-state index >= 15 is 0 Å². The molecule has 0 spiro atoms. The van der Waals surface area contributed by atoms with Crippen molar-refractivity contribution in [2.45, 2.75) is 77.7 Å². The maximum absolute atomic E-state index is 13.3. The summed E-state index contributed by atoms with van der Waals surface area (Å²) in [5.41, 5.74) is 7.73. The first-order chi connectivity index (χ1) is 15.2. The van der Waals surface area contributed by atoms with Crippen LogP contribution in [-0.2, 0) is 6.54 Å². The summed E-state index contributed by atoms with van der Waals surface area (Å²) in [6.07, 6.45) is 15.1. The average molecular weight is 498 g/mol. The number of halogens is 1. The molecule has 3 rings (SSSR count). The Labute approximate surface area is 203 Å². The summed E-state index contributed by atoms with van der Waals surface area (Å²) in [7, 11) is 0. The van der Waals surface area contributed by atoms with Crippen LogP contribution in [0.4, 0.5) is 5.82 Å². The molecular weight excluding hydrogens is 460 g/mol. The predicted molar refractivity (Wildman–Crippen MR) is 130 cm³/mol. The van der Waals surface area contributed by atoms with Gasteiger partial charge in [-0.25, -0.2) is 4.57 Å². The van der Waals surface area contributed by atoms with Crippen LogP contribution in [0.25, 0.3) is 10.8 Å². The van der Waals surface area contributed by atoms with Crippen molar-refractivity contribution in [3.8, 4) is 0 Å². The van der Waals surface area contributed by atoms with Gasteiger partial charge in [-0.2, -0.15) is 0 Å². The molecule has 0 unspecified atom stereocenters. The van der Waals surface area contributed by atoms with E-state index in [0.29, 0.717) is 16.9 Å². The quantitative estimate of drug-likeness (QED) is 0.222. The normalized spacial score (nSPS) is 10.8. The van der Waals surface area contributed by atoms with E-state index in [1.807, 2.05) is 65.4 Å². The zero-order valence-electron chi connectivity index (χ0n) is 19.4. The van der Waals surface area contributed by atoms with Gasteiger partial charge in [0, 0.05) is 5.56 Å². The molecule has 172 valence electrons. The Morgan fingerprint density at radius 1 is 0.750 bits per heavy atom. The van der Waals surface area contributed by atoms with Crippen LogP contribution in [0.15, 0.2) is 60.8 Å². The number of aryl methyl sites for hydroxylation is 1. The maximum atomic E-state index is 13.3. The molecule has 0 saturated heterocycles. The first-order valence-electron chi connectivity index (χ1n) is 12.0. The number of hydrogen-bond acceptors (Lipinski definition) is 2. The summed E-state index contributed by atoms with van der Waals surface area (Å²) in [6.45, 7) is 3.12. The number of fused-ring (bicyclic) bond motifs is 1. The van der Waals surface area contributed by atoms with Gasteiger partial charge in [-0.05, 0) is 35.7 Å². The van der Waals surface area contributed by atoms with Crippen molar-refractivity contribution in [3.05, 3.63) is 71.9 Å². The first-order valence-corrected chi connectivity index (χ1v) is 12.0. The molecule has 1 aromatic heterocycles. The molecule has 0 radical (unpaired) electrons. The molecule has 4 heteroatoms. The molecular formula is C28H37BrN2O. The van der Waals surface area contributed by atoms with E-state index in [9.17, 15) is 4.79 Å². The topological polar surface area (TPSA) is 47.0 Å². The predicted octanol–water partition coefficient (Wildman–Crippen LogP) is 3.87. The second kappa shape index (κ2) is 14.1. The zero-order chi connectivity index (χ0) is 21.9. The van der Waals surface area contributed by atoms with Crippen molar-refractivity contribution in [2.75, 3.05) is 5.73 Å². The molecule has 0 amide bonds. The average Bonchev–Trinajstić information content (AvgIpc) is 2.80. The minimum Gasteiger partial charge on any atom is -1.00 e. The Bertz CT molecular complexity index is 981. The molecule has 3 aromatic rings. The van der Waals surface area contributed by atoms with Crippen molar-refractivity contribution in [1.29, 1.82) is 0 Å². The Balaban J connectivity index is 0.00000363. The van der Waals surface area contributed by atoms with Gasteiger partial charge in [0.15, 0.2) is 0 Å². The number of anilines is 1. The van der Waals surface area contributed by atoms with E-state index in [1.165, 1.54) is 57.8 Å². The number of carbonyl (C=O) groups is 1. The van der Waals surface area contributed by atoms with E-state index in [2.05, 4.69) is 6.92 Å². The number of unbranched alkanes of at least 4 members (excludes halogenated alkanes) is 9. The second-order valence-corrected chi connectivity index (χ2v) is 8.54. The highest BCUT2D eigenvalue weighted by Gasteiger charge is 2.20. The van der Waals surface area contributed by atoms with Gasteiger partial charge in [-0.1, -0.05) is 101 Å². The number of nitrogens with two attached hydrogens (primary N) is 1. The first kappa shape index (κ1) is 26.1. The smallest absolute Gasteiger partial charge is 0.283 e. The third-order valence-electron chi connectivity index (χ3n) is 6.15. The molecule has 0 aliphatic rings. The van der Waals surface area contributed by atoms with Gasteiger partial charge < -0.3 is 17.0 Å². The summed E-state index contributed by atoms with van der Waals surface area (Å²) >= 11 is 0. The van der Waals surface area contributed by atoms with Crippen LogP contribution in [0, 0.1) is 0 Å². The number of hydrogen-bond donors (Lipinski definition) is 1. The molecule has 1 heterocycles. The van der Waals surface area contributed by atoms with Gasteiger partial charge in [0.2, 0.25) is 5.78 Å². The minimum atomic E-state index is -0.00766. The monoisotopic (exact) mass is 496 g/mol. The standard InChI is InChI=1S/C28H36N2O.BrH/c1-2-3-4-5-6-7-8-9-10-13-21-30-22-15-20-26(28(30)29)27(31)25-19-14-17-23-16-11-12-18-24(23)25;/h11-12,14-20,22,29H,2-10,13,21H2,1H3;1H.